The Morgan fingerprint density at radius 2 is 2.00 bits per heavy atom. The fourth-order valence-corrected chi connectivity index (χ4v) is 1.63. The molecule has 4 nitrogen and oxygen atoms in total. The van der Waals surface area contributed by atoms with Crippen LogP contribution in [0.1, 0.15) is 17.3 Å². The Balaban J connectivity index is 2.04. The number of carbonyl (C=O) groups is 1. The smallest absolute Gasteiger partial charge is 0.338 e. The average molecular weight is 284 g/mol. The number of rotatable bonds is 4. The lowest BCUT2D eigenvalue weighted by Gasteiger charge is -2.13. The molecule has 2 rings (SSSR count). The van der Waals surface area contributed by atoms with Crippen LogP contribution in [0, 0.1) is 17.5 Å². The molecule has 0 aliphatic rings. The maximum Gasteiger partial charge on any atom is 0.338 e. The fraction of sp³-hybridized carbons (Fsp3) is 0.231. The molecule has 0 aliphatic carbocycles. The van der Waals surface area contributed by atoms with E-state index in [9.17, 15) is 18.0 Å². The van der Waals surface area contributed by atoms with E-state index < -0.39 is 29.5 Å². The van der Waals surface area contributed by atoms with Crippen molar-refractivity contribution in [1.82, 2.24) is 9.78 Å². The van der Waals surface area contributed by atoms with E-state index in [4.69, 9.17) is 4.74 Å². The van der Waals surface area contributed by atoms with Crippen LogP contribution in [0.3, 0.4) is 0 Å². The molecular weight excluding hydrogens is 273 g/mol. The van der Waals surface area contributed by atoms with E-state index in [2.05, 4.69) is 5.10 Å². The zero-order valence-corrected chi connectivity index (χ0v) is 10.5. The first kappa shape index (κ1) is 14.1. The van der Waals surface area contributed by atoms with Gasteiger partial charge < -0.3 is 4.74 Å². The van der Waals surface area contributed by atoms with E-state index in [0.717, 1.165) is 0 Å². The third kappa shape index (κ3) is 3.17. The lowest BCUT2D eigenvalue weighted by atomic mass is 10.2. The summed E-state index contributed by atoms with van der Waals surface area (Å²) in [4.78, 5) is 11.7. The van der Waals surface area contributed by atoms with Gasteiger partial charge in [0.1, 0.15) is 6.10 Å². The highest BCUT2D eigenvalue weighted by Gasteiger charge is 2.18. The second-order valence-electron chi connectivity index (χ2n) is 4.20. The Bertz CT molecular complexity index is 591. The third-order valence-corrected chi connectivity index (χ3v) is 2.53. The van der Waals surface area contributed by atoms with Gasteiger partial charge in [0.15, 0.2) is 17.5 Å². The van der Waals surface area contributed by atoms with Gasteiger partial charge in [-0.15, -0.1) is 0 Å². The molecule has 0 fully saturated rings. The standard InChI is InChI=1S/C13H11F3N2O2/c1-8(7-18-4-2-3-17-18)20-13(19)9-5-10(14)12(16)11(15)6-9/h2-6,8H,7H2,1H3/t8-/m1/s1. The minimum atomic E-state index is -1.62. The molecule has 106 valence electrons. The molecule has 0 radical (unpaired) electrons. The highest BCUT2D eigenvalue weighted by atomic mass is 19.2. The van der Waals surface area contributed by atoms with E-state index in [0.29, 0.717) is 18.7 Å². The number of benzene rings is 1. The van der Waals surface area contributed by atoms with Gasteiger partial charge in [-0.2, -0.15) is 5.10 Å². The van der Waals surface area contributed by atoms with Crippen molar-refractivity contribution in [3.63, 3.8) is 0 Å². The molecule has 2 aromatic rings. The first-order chi connectivity index (χ1) is 9.47. The molecule has 1 heterocycles. The highest BCUT2D eigenvalue weighted by molar-refractivity contribution is 5.89. The average Bonchev–Trinajstić information content (AvgIpc) is 2.87. The predicted octanol–water partition coefficient (Wildman–Crippen LogP) is 2.55. The number of carbonyl (C=O) groups excluding carboxylic acids is 1. The molecule has 20 heavy (non-hydrogen) atoms. The molecular formula is C13H11F3N2O2. The number of esters is 1. The van der Waals surface area contributed by atoms with Gasteiger partial charge in [-0.05, 0) is 25.1 Å². The van der Waals surface area contributed by atoms with Gasteiger partial charge in [0, 0.05) is 12.4 Å². The number of ether oxygens (including phenoxy) is 1. The van der Waals surface area contributed by atoms with Gasteiger partial charge >= 0.3 is 5.97 Å². The Morgan fingerprint density at radius 3 is 2.55 bits per heavy atom. The second kappa shape index (κ2) is 5.77. The van der Waals surface area contributed by atoms with Crippen LogP contribution >= 0.6 is 0 Å². The summed E-state index contributed by atoms with van der Waals surface area (Å²) < 4.78 is 45.3. The van der Waals surface area contributed by atoms with Crippen molar-refractivity contribution in [2.24, 2.45) is 0 Å². The van der Waals surface area contributed by atoms with E-state index >= 15 is 0 Å². The van der Waals surface area contributed by atoms with Crippen LogP contribution in [0.25, 0.3) is 0 Å². The minimum Gasteiger partial charge on any atom is -0.457 e. The van der Waals surface area contributed by atoms with Crippen LogP contribution in [-0.4, -0.2) is 21.9 Å². The minimum absolute atomic E-state index is 0.297. The Hall–Kier alpha value is -2.31. The molecule has 1 aromatic carbocycles. The predicted molar refractivity (Wildman–Crippen MR) is 63.4 cm³/mol. The molecule has 0 saturated heterocycles. The lowest BCUT2D eigenvalue weighted by Crippen LogP contribution is -2.21. The molecule has 0 spiro atoms. The summed E-state index contributed by atoms with van der Waals surface area (Å²) in [5.41, 5.74) is -0.381. The first-order valence-corrected chi connectivity index (χ1v) is 5.80. The summed E-state index contributed by atoms with van der Waals surface area (Å²) in [6, 6.07) is 2.90. The van der Waals surface area contributed by atoms with Crippen LogP contribution in [0.2, 0.25) is 0 Å². The number of hydrogen-bond donors (Lipinski definition) is 0. The molecule has 0 saturated carbocycles. The highest BCUT2D eigenvalue weighted by Crippen LogP contribution is 2.15. The molecule has 1 aromatic heterocycles. The van der Waals surface area contributed by atoms with Crippen molar-refractivity contribution in [2.75, 3.05) is 0 Å². The molecule has 0 amide bonds. The molecule has 0 unspecified atom stereocenters. The summed E-state index contributed by atoms with van der Waals surface area (Å²) in [7, 11) is 0. The maximum absolute atomic E-state index is 13.0. The van der Waals surface area contributed by atoms with Crippen molar-refractivity contribution >= 4 is 5.97 Å². The van der Waals surface area contributed by atoms with Crippen LogP contribution in [0.4, 0.5) is 13.2 Å². The van der Waals surface area contributed by atoms with Crippen LogP contribution in [-0.2, 0) is 11.3 Å². The Morgan fingerprint density at radius 1 is 1.35 bits per heavy atom. The molecule has 0 N–H and O–H groups in total. The first-order valence-electron chi connectivity index (χ1n) is 5.80. The summed E-state index contributed by atoms with van der Waals surface area (Å²) in [6.45, 7) is 1.90. The third-order valence-electron chi connectivity index (χ3n) is 2.53. The van der Waals surface area contributed by atoms with Crippen molar-refractivity contribution in [1.29, 1.82) is 0 Å². The molecule has 1 atom stereocenters. The van der Waals surface area contributed by atoms with Gasteiger partial charge in [-0.25, -0.2) is 18.0 Å². The van der Waals surface area contributed by atoms with Crippen molar-refractivity contribution < 1.29 is 22.7 Å². The van der Waals surface area contributed by atoms with E-state index in [1.807, 2.05) is 0 Å². The van der Waals surface area contributed by atoms with Crippen LogP contribution < -0.4 is 0 Å². The van der Waals surface area contributed by atoms with E-state index in [-0.39, 0.29) is 5.56 Å². The molecule has 0 bridgehead atoms. The summed E-state index contributed by atoms with van der Waals surface area (Å²) in [6.07, 6.45) is 2.69. The topological polar surface area (TPSA) is 44.1 Å². The normalized spacial score (nSPS) is 12.2. The van der Waals surface area contributed by atoms with Crippen molar-refractivity contribution in [2.45, 2.75) is 19.6 Å². The fourth-order valence-electron chi connectivity index (χ4n) is 1.63. The van der Waals surface area contributed by atoms with Crippen molar-refractivity contribution in [3.05, 3.63) is 53.6 Å². The zero-order valence-electron chi connectivity index (χ0n) is 10.5. The van der Waals surface area contributed by atoms with Gasteiger partial charge in [-0.1, -0.05) is 0 Å². The monoisotopic (exact) mass is 284 g/mol. The van der Waals surface area contributed by atoms with Crippen molar-refractivity contribution in [3.8, 4) is 0 Å². The number of halogens is 3. The largest absolute Gasteiger partial charge is 0.457 e. The quantitative estimate of drug-likeness (QED) is 0.640. The Labute approximate surface area is 112 Å². The van der Waals surface area contributed by atoms with Gasteiger partial charge in [0.05, 0.1) is 12.1 Å². The summed E-state index contributed by atoms with van der Waals surface area (Å²) in [5, 5.41) is 3.93. The Kier molecular flexibility index (Phi) is 4.07. The van der Waals surface area contributed by atoms with Gasteiger partial charge in [0.2, 0.25) is 0 Å². The summed E-state index contributed by atoms with van der Waals surface area (Å²) >= 11 is 0. The number of nitrogens with zero attached hydrogens (tertiary/aromatic N) is 2. The van der Waals surface area contributed by atoms with E-state index in [1.165, 1.54) is 0 Å². The lowest BCUT2D eigenvalue weighted by molar-refractivity contribution is 0.0297. The molecule has 0 aliphatic heterocycles. The van der Waals surface area contributed by atoms with Crippen LogP contribution in [0.15, 0.2) is 30.6 Å². The maximum atomic E-state index is 13.0. The number of aromatic nitrogens is 2. The number of hydrogen-bond acceptors (Lipinski definition) is 3. The summed E-state index contributed by atoms with van der Waals surface area (Å²) in [5.74, 6) is -5.41. The van der Waals surface area contributed by atoms with E-state index in [1.54, 1.807) is 30.1 Å². The second-order valence-corrected chi connectivity index (χ2v) is 4.20. The SMILES string of the molecule is C[C@H](Cn1cccn1)OC(=O)c1cc(F)c(F)c(F)c1. The zero-order chi connectivity index (χ0) is 14.7. The molecule has 7 heteroatoms. The van der Waals surface area contributed by atoms with Crippen LogP contribution in [0.5, 0.6) is 0 Å². The van der Waals surface area contributed by atoms with Gasteiger partial charge in [0.25, 0.3) is 0 Å². The van der Waals surface area contributed by atoms with Gasteiger partial charge in [-0.3, -0.25) is 4.68 Å².